The fraction of sp³-hybridized carbons (Fsp3) is 0.350. The van der Waals surface area contributed by atoms with E-state index in [4.69, 9.17) is 4.74 Å². The summed E-state index contributed by atoms with van der Waals surface area (Å²) in [5, 5.41) is 23.0. The summed E-state index contributed by atoms with van der Waals surface area (Å²) >= 11 is 0. The normalized spacial score (nSPS) is 15.9. The highest BCUT2D eigenvalue weighted by Gasteiger charge is 2.39. The van der Waals surface area contributed by atoms with Gasteiger partial charge in [-0.1, -0.05) is 6.07 Å². The van der Waals surface area contributed by atoms with Crippen LogP contribution < -0.4 is 5.32 Å². The van der Waals surface area contributed by atoms with Crippen molar-refractivity contribution in [2.75, 3.05) is 20.3 Å². The maximum absolute atomic E-state index is 14.8. The van der Waals surface area contributed by atoms with Crippen molar-refractivity contribution in [1.82, 2.24) is 14.9 Å². The molecule has 1 aromatic heterocycles. The molecule has 4 rings (SSSR count). The number of halogens is 1. The number of aromatic nitrogens is 2. The molecule has 0 radical (unpaired) electrons. The molecule has 2 heterocycles. The van der Waals surface area contributed by atoms with Gasteiger partial charge in [-0.05, 0) is 50.2 Å². The average molecular weight is 371 g/mol. The summed E-state index contributed by atoms with van der Waals surface area (Å²) in [5.41, 5.74) is 2.88. The van der Waals surface area contributed by atoms with Crippen LogP contribution in [0.5, 0.6) is 11.5 Å². The number of phenolic OH excluding ortho intramolecular Hbond substituents is 2. The molecule has 6 nitrogen and oxygen atoms in total. The zero-order chi connectivity index (χ0) is 19.3. The number of aryl methyl sites for hydroxylation is 1. The second-order valence-electron chi connectivity index (χ2n) is 7.37. The van der Waals surface area contributed by atoms with Crippen LogP contribution in [0.25, 0.3) is 22.4 Å². The van der Waals surface area contributed by atoms with Gasteiger partial charge in [0.05, 0.1) is 35.3 Å². The van der Waals surface area contributed by atoms with Crippen molar-refractivity contribution in [3.8, 4) is 22.9 Å². The molecule has 2 aromatic carbocycles. The number of ether oxygens (including phenoxy) is 1. The molecule has 7 heteroatoms. The van der Waals surface area contributed by atoms with E-state index in [-0.39, 0.29) is 11.1 Å². The Kier molecular flexibility index (Phi) is 4.09. The lowest BCUT2D eigenvalue weighted by Gasteiger charge is -2.41. The van der Waals surface area contributed by atoms with Gasteiger partial charge in [-0.2, -0.15) is 0 Å². The highest BCUT2D eigenvalue weighted by molar-refractivity contribution is 5.83. The minimum Gasteiger partial charge on any atom is -0.504 e. The fourth-order valence-electron chi connectivity index (χ4n) is 3.62. The summed E-state index contributed by atoms with van der Waals surface area (Å²) in [6.45, 7) is 5.34. The van der Waals surface area contributed by atoms with Crippen molar-refractivity contribution in [1.29, 1.82) is 0 Å². The van der Waals surface area contributed by atoms with E-state index < -0.39 is 17.3 Å². The molecule has 142 valence electrons. The molecule has 3 aromatic rings. The number of aromatic hydroxyl groups is 2. The summed E-state index contributed by atoms with van der Waals surface area (Å²) in [5.74, 6) is -1.68. The third-order valence-electron chi connectivity index (χ3n) is 5.11. The van der Waals surface area contributed by atoms with Crippen LogP contribution >= 0.6 is 0 Å². The van der Waals surface area contributed by atoms with E-state index in [0.717, 1.165) is 16.6 Å². The predicted molar refractivity (Wildman–Crippen MR) is 100 cm³/mol. The Morgan fingerprint density at radius 2 is 2.00 bits per heavy atom. The third kappa shape index (κ3) is 2.65. The number of phenols is 2. The highest BCUT2D eigenvalue weighted by Crippen LogP contribution is 2.41. The van der Waals surface area contributed by atoms with E-state index >= 15 is 0 Å². The van der Waals surface area contributed by atoms with Gasteiger partial charge in [0.2, 0.25) is 0 Å². The smallest absolute Gasteiger partial charge is 0.195 e. The highest BCUT2D eigenvalue weighted by atomic mass is 19.1. The first-order valence-corrected chi connectivity index (χ1v) is 8.81. The Morgan fingerprint density at radius 1 is 1.26 bits per heavy atom. The Bertz CT molecular complexity index is 1040. The minimum absolute atomic E-state index is 0.155. The topological polar surface area (TPSA) is 79.5 Å². The monoisotopic (exact) mass is 371 g/mol. The molecule has 0 atom stereocenters. The molecule has 27 heavy (non-hydrogen) atoms. The Morgan fingerprint density at radius 3 is 2.63 bits per heavy atom. The van der Waals surface area contributed by atoms with E-state index in [1.807, 2.05) is 36.7 Å². The Hall–Kier alpha value is -2.64. The molecule has 1 aliphatic rings. The molecule has 1 fully saturated rings. The SMILES string of the molecule is CNCc1ccc2nc(-c3cc(C)c(O)c(O)c3F)n(C3(C)COC3)c2c1. The van der Waals surface area contributed by atoms with Gasteiger partial charge in [0.1, 0.15) is 5.82 Å². The van der Waals surface area contributed by atoms with E-state index in [2.05, 4.69) is 10.3 Å². The summed E-state index contributed by atoms with van der Waals surface area (Å²) in [7, 11) is 1.88. The third-order valence-corrected chi connectivity index (χ3v) is 5.11. The summed E-state index contributed by atoms with van der Waals surface area (Å²) in [6, 6.07) is 7.45. The summed E-state index contributed by atoms with van der Waals surface area (Å²) < 4.78 is 22.3. The molecule has 0 amide bonds. The van der Waals surface area contributed by atoms with Crippen LogP contribution in [0.15, 0.2) is 24.3 Å². The summed E-state index contributed by atoms with van der Waals surface area (Å²) in [4.78, 5) is 4.66. The molecule has 0 bridgehead atoms. The second-order valence-corrected chi connectivity index (χ2v) is 7.37. The lowest BCUT2D eigenvalue weighted by atomic mass is 9.98. The number of nitrogens with one attached hydrogen (secondary N) is 1. The van der Waals surface area contributed by atoms with E-state index in [0.29, 0.717) is 31.1 Å². The first kappa shape index (κ1) is 17.8. The molecule has 0 aliphatic carbocycles. The van der Waals surface area contributed by atoms with E-state index in [1.165, 1.54) is 6.07 Å². The molecule has 3 N–H and O–H groups in total. The van der Waals surface area contributed by atoms with Crippen molar-refractivity contribution >= 4 is 11.0 Å². The molecular weight excluding hydrogens is 349 g/mol. The molecule has 1 aliphatic heterocycles. The number of rotatable bonds is 4. The van der Waals surface area contributed by atoms with Gasteiger partial charge in [0.25, 0.3) is 0 Å². The van der Waals surface area contributed by atoms with Gasteiger partial charge in [0.15, 0.2) is 17.3 Å². The number of fused-ring (bicyclic) bond motifs is 1. The molecule has 0 saturated carbocycles. The van der Waals surface area contributed by atoms with Crippen LogP contribution in [0, 0.1) is 12.7 Å². The van der Waals surface area contributed by atoms with Crippen molar-refractivity contribution < 1.29 is 19.3 Å². The van der Waals surface area contributed by atoms with Crippen LogP contribution in [0.3, 0.4) is 0 Å². The van der Waals surface area contributed by atoms with Crippen LogP contribution in [0.4, 0.5) is 4.39 Å². The van der Waals surface area contributed by atoms with E-state index in [9.17, 15) is 14.6 Å². The quantitative estimate of drug-likeness (QED) is 0.615. The zero-order valence-corrected chi connectivity index (χ0v) is 15.5. The van der Waals surface area contributed by atoms with Crippen molar-refractivity contribution in [2.45, 2.75) is 25.9 Å². The van der Waals surface area contributed by atoms with Crippen LogP contribution in [0.2, 0.25) is 0 Å². The lowest BCUT2D eigenvalue weighted by Crippen LogP contribution is -2.49. The molecular formula is C20H22FN3O3. The van der Waals surface area contributed by atoms with Crippen LogP contribution in [0.1, 0.15) is 18.1 Å². The molecule has 1 saturated heterocycles. The maximum Gasteiger partial charge on any atom is 0.195 e. The number of nitrogens with zero attached hydrogens (tertiary/aromatic N) is 2. The largest absolute Gasteiger partial charge is 0.504 e. The first-order valence-electron chi connectivity index (χ1n) is 8.81. The number of imidazole rings is 1. The molecule has 0 spiro atoms. The van der Waals surface area contributed by atoms with Gasteiger partial charge < -0.3 is 24.8 Å². The van der Waals surface area contributed by atoms with Gasteiger partial charge in [-0.25, -0.2) is 9.37 Å². The average Bonchev–Trinajstić information content (AvgIpc) is 3.00. The zero-order valence-electron chi connectivity index (χ0n) is 15.5. The van der Waals surface area contributed by atoms with Crippen molar-refractivity contribution in [2.24, 2.45) is 0 Å². The van der Waals surface area contributed by atoms with Crippen LogP contribution in [-0.4, -0.2) is 40.0 Å². The Balaban J connectivity index is 2.03. The van der Waals surface area contributed by atoms with Gasteiger partial charge >= 0.3 is 0 Å². The number of benzene rings is 2. The van der Waals surface area contributed by atoms with Gasteiger partial charge in [-0.15, -0.1) is 0 Å². The van der Waals surface area contributed by atoms with Crippen molar-refractivity contribution in [3.63, 3.8) is 0 Å². The van der Waals surface area contributed by atoms with Crippen molar-refractivity contribution in [3.05, 3.63) is 41.2 Å². The van der Waals surface area contributed by atoms with E-state index in [1.54, 1.807) is 6.92 Å². The lowest BCUT2D eigenvalue weighted by molar-refractivity contribution is -0.0868. The molecule has 0 unspecified atom stereocenters. The fourth-order valence-corrected chi connectivity index (χ4v) is 3.62. The Labute approximate surface area is 156 Å². The second kappa shape index (κ2) is 6.21. The van der Waals surface area contributed by atoms with Crippen LogP contribution in [-0.2, 0) is 16.8 Å². The number of hydrogen-bond acceptors (Lipinski definition) is 5. The minimum atomic E-state index is -0.881. The number of hydrogen-bond donors (Lipinski definition) is 3. The summed E-state index contributed by atoms with van der Waals surface area (Å²) in [6.07, 6.45) is 0. The van der Waals surface area contributed by atoms with Gasteiger partial charge in [0, 0.05) is 6.54 Å². The maximum atomic E-state index is 14.8. The predicted octanol–water partition coefficient (Wildman–Crippen LogP) is 3.03. The first-order chi connectivity index (χ1) is 12.9. The van der Waals surface area contributed by atoms with Gasteiger partial charge in [-0.3, -0.25) is 0 Å². The standard InChI is InChI=1S/C20H22FN3O3/c1-11-6-13(16(21)18(26)17(11)25)19-23-14-5-4-12(8-22-3)7-15(14)24(19)20(2)9-27-10-20/h4-7,22,25-26H,8-10H2,1-3H3.